The minimum atomic E-state index is -0.394. The van der Waals surface area contributed by atoms with Gasteiger partial charge in [-0.3, -0.25) is 18.7 Å². The van der Waals surface area contributed by atoms with E-state index in [1.54, 1.807) is 53.6 Å². The van der Waals surface area contributed by atoms with Crippen LogP contribution in [0.3, 0.4) is 0 Å². The van der Waals surface area contributed by atoms with Gasteiger partial charge in [-0.25, -0.2) is 9.69 Å². The lowest BCUT2D eigenvalue weighted by Gasteiger charge is -2.12. The van der Waals surface area contributed by atoms with E-state index in [1.807, 2.05) is 18.2 Å². The number of amides is 2. The number of hydrogen-bond acceptors (Lipinski definition) is 4. The van der Waals surface area contributed by atoms with E-state index < -0.39 is 5.91 Å². The molecule has 2 aromatic carbocycles. The number of aromatic nitrogens is 2. The highest BCUT2D eigenvalue weighted by Gasteiger charge is 2.36. The summed E-state index contributed by atoms with van der Waals surface area (Å²) < 4.78 is 3.11. The molecule has 6 nitrogen and oxygen atoms in total. The Morgan fingerprint density at radius 3 is 2.44 bits per heavy atom. The fraction of sp³-hybridized carbons (Fsp3) is 0.105. The van der Waals surface area contributed by atoms with E-state index in [4.69, 9.17) is 11.6 Å². The van der Waals surface area contributed by atoms with E-state index in [2.05, 4.69) is 0 Å². The van der Waals surface area contributed by atoms with Crippen LogP contribution in [0.1, 0.15) is 5.56 Å². The molecule has 1 saturated heterocycles. The van der Waals surface area contributed by atoms with Crippen LogP contribution in [0.5, 0.6) is 0 Å². The lowest BCUT2D eigenvalue weighted by molar-refractivity contribution is -0.113. The van der Waals surface area contributed by atoms with Crippen molar-refractivity contribution in [3.63, 3.8) is 0 Å². The summed E-state index contributed by atoms with van der Waals surface area (Å²) in [6, 6.07) is 12.1. The molecule has 136 valence electrons. The third-order valence-electron chi connectivity index (χ3n) is 4.45. The first-order chi connectivity index (χ1) is 12.9. The number of hydrogen-bond donors (Lipinski definition) is 0. The van der Waals surface area contributed by atoms with Crippen LogP contribution >= 0.6 is 23.4 Å². The monoisotopic (exact) mass is 399 g/mol. The number of anilines is 1. The number of carbonyl (C=O) groups is 2. The van der Waals surface area contributed by atoms with Crippen LogP contribution < -0.4 is 10.6 Å². The van der Waals surface area contributed by atoms with Crippen LogP contribution in [0, 0.1) is 0 Å². The number of aryl methyl sites for hydroxylation is 2. The normalized spacial score (nSPS) is 16.1. The Morgan fingerprint density at radius 1 is 0.963 bits per heavy atom. The molecule has 0 unspecified atom stereocenters. The Bertz CT molecular complexity index is 1210. The molecular formula is C19H14ClN3O3S. The number of imidazole rings is 1. The lowest BCUT2D eigenvalue weighted by Crippen LogP contribution is -2.27. The second-order valence-corrected chi connectivity index (χ2v) is 7.58. The summed E-state index contributed by atoms with van der Waals surface area (Å²) in [6.45, 7) is 0. The molecule has 0 saturated carbocycles. The van der Waals surface area contributed by atoms with Gasteiger partial charge in [0.1, 0.15) is 0 Å². The molecular weight excluding hydrogens is 386 g/mol. The number of nitrogens with zero attached hydrogens (tertiary/aromatic N) is 3. The van der Waals surface area contributed by atoms with Crippen LogP contribution in [-0.2, 0) is 18.9 Å². The molecule has 0 N–H and O–H groups in total. The maximum atomic E-state index is 12.7. The molecule has 8 heteroatoms. The van der Waals surface area contributed by atoms with E-state index in [-0.39, 0.29) is 10.9 Å². The zero-order chi connectivity index (χ0) is 19.3. The predicted molar refractivity (Wildman–Crippen MR) is 108 cm³/mol. The summed E-state index contributed by atoms with van der Waals surface area (Å²) in [5, 5.41) is 0.0766. The summed E-state index contributed by atoms with van der Waals surface area (Å²) in [5.74, 6) is -0.394. The van der Waals surface area contributed by atoms with Crippen LogP contribution in [-0.4, -0.2) is 20.3 Å². The van der Waals surface area contributed by atoms with Crippen LogP contribution in [0.2, 0.25) is 5.02 Å². The summed E-state index contributed by atoms with van der Waals surface area (Å²) >= 11 is 6.85. The number of carbonyl (C=O) groups excluding carboxylic acids is 2. The van der Waals surface area contributed by atoms with Crippen molar-refractivity contribution in [3.05, 3.63) is 68.4 Å². The van der Waals surface area contributed by atoms with Crippen molar-refractivity contribution < 1.29 is 9.59 Å². The van der Waals surface area contributed by atoms with Gasteiger partial charge in [0, 0.05) is 19.1 Å². The topological polar surface area (TPSA) is 64.3 Å². The van der Waals surface area contributed by atoms with E-state index >= 15 is 0 Å². The minimum absolute atomic E-state index is 0.122. The van der Waals surface area contributed by atoms with Gasteiger partial charge in [0.05, 0.1) is 21.6 Å². The molecule has 27 heavy (non-hydrogen) atoms. The highest BCUT2D eigenvalue weighted by atomic mass is 35.5. The van der Waals surface area contributed by atoms with Crippen molar-refractivity contribution in [3.8, 4) is 0 Å². The van der Waals surface area contributed by atoms with Crippen LogP contribution in [0.4, 0.5) is 10.5 Å². The number of imide groups is 1. The Kier molecular flexibility index (Phi) is 4.20. The standard InChI is InChI=1S/C19H14ClN3O3S/c1-21-14-7-6-11(8-15(14)22(2)18(21)25)9-16-17(24)23(19(26)27-16)13-5-3-4-12(20)10-13/h3-10H,1-2H3/b16-9+. The molecule has 0 bridgehead atoms. The zero-order valence-corrected chi connectivity index (χ0v) is 16.0. The molecule has 0 radical (unpaired) electrons. The number of rotatable bonds is 2. The molecule has 1 aromatic heterocycles. The average molecular weight is 400 g/mol. The van der Waals surface area contributed by atoms with E-state index in [0.29, 0.717) is 15.6 Å². The van der Waals surface area contributed by atoms with Gasteiger partial charge in [0.2, 0.25) is 0 Å². The van der Waals surface area contributed by atoms with Crippen LogP contribution in [0.15, 0.2) is 52.2 Å². The maximum Gasteiger partial charge on any atom is 0.328 e. The molecule has 2 amide bonds. The van der Waals surface area contributed by atoms with Crippen molar-refractivity contribution in [2.45, 2.75) is 0 Å². The second kappa shape index (κ2) is 6.44. The summed E-state index contributed by atoms with van der Waals surface area (Å²) in [7, 11) is 3.40. The first kappa shape index (κ1) is 17.6. The van der Waals surface area contributed by atoms with E-state index in [0.717, 1.165) is 33.3 Å². The average Bonchev–Trinajstić information content (AvgIpc) is 3.03. The zero-order valence-electron chi connectivity index (χ0n) is 14.5. The fourth-order valence-electron chi connectivity index (χ4n) is 3.07. The quantitative estimate of drug-likeness (QED) is 0.615. The highest BCUT2D eigenvalue weighted by molar-refractivity contribution is 8.19. The van der Waals surface area contributed by atoms with Crippen molar-refractivity contribution in [1.29, 1.82) is 0 Å². The van der Waals surface area contributed by atoms with Crippen LogP contribution in [0.25, 0.3) is 17.1 Å². The molecule has 1 aliphatic heterocycles. The van der Waals surface area contributed by atoms with Gasteiger partial charge in [0.15, 0.2) is 0 Å². The van der Waals surface area contributed by atoms with Crippen molar-refractivity contribution in [2.75, 3.05) is 4.90 Å². The molecule has 0 aliphatic carbocycles. The third kappa shape index (κ3) is 2.89. The van der Waals surface area contributed by atoms with E-state index in [9.17, 15) is 14.4 Å². The molecule has 3 aromatic rings. The minimum Gasteiger partial charge on any atom is -0.295 e. The van der Waals surface area contributed by atoms with Gasteiger partial charge >= 0.3 is 5.69 Å². The Hall–Kier alpha value is -2.77. The molecule has 2 heterocycles. The van der Waals surface area contributed by atoms with Gasteiger partial charge in [-0.15, -0.1) is 0 Å². The molecule has 1 fully saturated rings. The lowest BCUT2D eigenvalue weighted by atomic mass is 10.1. The smallest absolute Gasteiger partial charge is 0.295 e. The third-order valence-corrected chi connectivity index (χ3v) is 5.56. The Balaban J connectivity index is 1.74. The van der Waals surface area contributed by atoms with Gasteiger partial charge in [-0.1, -0.05) is 23.7 Å². The molecule has 1 aliphatic rings. The number of thioether (sulfide) groups is 1. The first-order valence-corrected chi connectivity index (χ1v) is 9.25. The van der Waals surface area contributed by atoms with Crippen molar-refractivity contribution in [1.82, 2.24) is 9.13 Å². The summed E-state index contributed by atoms with van der Waals surface area (Å²) in [4.78, 5) is 38.6. The predicted octanol–water partition coefficient (Wildman–Crippen LogP) is 3.77. The van der Waals surface area contributed by atoms with Gasteiger partial charge < -0.3 is 0 Å². The van der Waals surface area contributed by atoms with Gasteiger partial charge in [0.25, 0.3) is 11.1 Å². The Labute approximate surface area is 163 Å². The molecule has 0 atom stereocenters. The summed E-state index contributed by atoms with van der Waals surface area (Å²) in [5.41, 5.74) is 2.61. The fourth-order valence-corrected chi connectivity index (χ4v) is 4.10. The SMILES string of the molecule is Cn1c(=O)n(C)c2cc(/C=C3/SC(=O)N(c4cccc(Cl)c4)C3=O)ccc21. The molecule has 0 spiro atoms. The van der Waals surface area contributed by atoms with Gasteiger partial charge in [-0.2, -0.15) is 0 Å². The molecule has 4 rings (SSSR count). The summed E-state index contributed by atoms with van der Waals surface area (Å²) in [6.07, 6.45) is 1.66. The maximum absolute atomic E-state index is 12.7. The van der Waals surface area contributed by atoms with E-state index in [1.165, 1.54) is 0 Å². The van der Waals surface area contributed by atoms with Crippen molar-refractivity contribution >= 4 is 57.3 Å². The largest absolute Gasteiger partial charge is 0.328 e. The van der Waals surface area contributed by atoms with Crippen molar-refractivity contribution in [2.24, 2.45) is 14.1 Å². The first-order valence-electron chi connectivity index (χ1n) is 8.06. The number of halogens is 1. The number of fused-ring (bicyclic) bond motifs is 1. The second-order valence-electron chi connectivity index (χ2n) is 6.15. The Morgan fingerprint density at radius 2 is 1.70 bits per heavy atom. The number of benzene rings is 2. The van der Waals surface area contributed by atoms with Gasteiger partial charge in [-0.05, 0) is 53.7 Å². The highest BCUT2D eigenvalue weighted by Crippen LogP contribution is 2.36.